The summed E-state index contributed by atoms with van der Waals surface area (Å²) in [5, 5.41) is 0.642. The summed E-state index contributed by atoms with van der Waals surface area (Å²) >= 11 is 7.36. The molecule has 2 aromatic rings. The zero-order chi connectivity index (χ0) is 21.3. The Morgan fingerprint density at radius 2 is 1.57 bits per heavy atom. The van der Waals surface area contributed by atoms with Crippen LogP contribution >= 0.6 is 23.4 Å². The number of likely N-dealkylation sites (N-methyl/N-ethyl adjacent to an activating group) is 1. The zero-order valence-corrected chi connectivity index (χ0v) is 18.8. The van der Waals surface area contributed by atoms with Gasteiger partial charge in [-0.1, -0.05) is 60.3 Å². The predicted octanol–water partition coefficient (Wildman–Crippen LogP) is 5.79. The molecule has 30 heavy (non-hydrogen) atoms. The first kappa shape index (κ1) is 21.0. The number of hydrogen-bond donors (Lipinski definition) is 0. The van der Waals surface area contributed by atoms with Crippen LogP contribution in [0.5, 0.6) is 0 Å². The highest BCUT2D eigenvalue weighted by Crippen LogP contribution is 2.40. The van der Waals surface area contributed by atoms with Crippen molar-refractivity contribution in [2.24, 2.45) is 0 Å². The maximum atomic E-state index is 13.5. The highest BCUT2D eigenvalue weighted by molar-refractivity contribution is 8.04. The summed E-state index contributed by atoms with van der Waals surface area (Å²) in [5.41, 5.74) is 2.20. The minimum atomic E-state index is -0.263. The molecular formula is C24H25ClN2O2S. The van der Waals surface area contributed by atoms with Crippen molar-refractivity contribution in [3.05, 3.63) is 69.7 Å². The van der Waals surface area contributed by atoms with Gasteiger partial charge in [-0.15, -0.1) is 0 Å². The van der Waals surface area contributed by atoms with Crippen LogP contribution in [0, 0.1) is 6.92 Å². The molecule has 1 heterocycles. The first-order valence-corrected chi connectivity index (χ1v) is 11.5. The van der Waals surface area contributed by atoms with Crippen molar-refractivity contribution in [2.45, 2.75) is 50.0 Å². The quantitative estimate of drug-likeness (QED) is 0.551. The Morgan fingerprint density at radius 1 is 0.933 bits per heavy atom. The molecule has 6 heteroatoms. The maximum absolute atomic E-state index is 13.5. The number of halogens is 1. The number of carbonyl (C=O) groups excluding carboxylic acids is 2. The molecule has 156 valence electrons. The Balaban J connectivity index is 1.72. The molecule has 0 unspecified atom stereocenters. The summed E-state index contributed by atoms with van der Waals surface area (Å²) < 4.78 is 0. The van der Waals surface area contributed by atoms with Crippen LogP contribution in [0.3, 0.4) is 0 Å². The number of imide groups is 1. The van der Waals surface area contributed by atoms with E-state index >= 15 is 0 Å². The normalized spacial score (nSPS) is 17.8. The van der Waals surface area contributed by atoms with Crippen LogP contribution in [0.2, 0.25) is 5.02 Å². The molecule has 0 saturated heterocycles. The fourth-order valence-electron chi connectivity index (χ4n) is 4.10. The third-order valence-corrected chi connectivity index (χ3v) is 7.15. The van der Waals surface area contributed by atoms with Crippen LogP contribution in [0.4, 0.5) is 5.69 Å². The third-order valence-electron chi connectivity index (χ3n) is 5.82. The van der Waals surface area contributed by atoms with Crippen molar-refractivity contribution in [3.63, 3.8) is 0 Å². The number of nitrogens with zero attached hydrogens (tertiary/aromatic N) is 2. The number of benzene rings is 2. The molecular weight excluding hydrogens is 416 g/mol. The Kier molecular flexibility index (Phi) is 6.21. The fraction of sp³-hybridized carbons (Fsp3) is 0.333. The van der Waals surface area contributed by atoms with E-state index in [4.69, 9.17) is 11.6 Å². The van der Waals surface area contributed by atoms with Gasteiger partial charge in [-0.25, -0.2) is 4.90 Å². The largest absolute Gasteiger partial charge is 0.366 e. The molecule has 0 aromatic heterocycles. The highest BCUT2D eigenvalue weighted by Gasteiger charge is 2.43. The van der Waals surface area contributed by atoms with Crippen molar-refractivity contribution >= 4 is 40.9 Å². The van der Waals surface area contributed by atoms with Crippen LogP contribution < -0.4 is 4.90 Å². The molecule has 1 aliphatic heterocycles. The third kappa shape index (κ3) is 4.14. The van der Waals surface area contributed by atoms with Crippen molar-refractivity contribution in [2.75, 3.05) is 11.9 Å². The average Bonchev–Trinajstić information content (AvgIpc) is 3.00. The van der Waals surface area contributed by atoms with Gasteiger partial charge in [0.05, 0.1) is 5.69 Å². The highest BCUT2D eigenvalue weighted by atomic mass is 35.5. The lowest BCUT2D eigenvalue weighted by Crippen LogP contribution is -2.38. The number of aryl methyl sites for hydroxylation is 1. The summed E-state index contributed by atoms with van der Waals surface area (Å²) in [6, 6.07) is 15.1. The van der Waals surface area contributed by atoms with Crippen molar-refractivity contribution in [1.29, 1.82) is 0 Å². The van der Waals surface area contributed by atoms with Crippen molar-refractivity contribution < 1.29 is 9.59 Å². The standard InChI is InChI=1S/C24H25ClN2O2S/c1-16-8-12-19(13-9-16)27-23(28)21(26(2)18-6-4-3-5-7-18)22(24(27)29)30-20-14-10-17(25)11-15-20/h8-15,18H,3-7H2,1-2H3. The molecule has 2 amide bonds. The number of amides is 2. The van der Waals surface area contributed by atoms with E-state index in [0.717, 1.165) is 36.1 Å². The van der Waals surface area contributed by atoms with Gasteiger partial charge in [0.1, 0.15) is 10.6 Å². The second-order valence-electron chi connectivity index (χ2n) is 7.92. The topological polar surface area (TPSA) is 40.6 Å². The predicted molar refractivity (Wildman–Crippen MR) is 123 cm³/mol. The summed E-state index contributed by atoms with van der Waals surface area (Å²) in [5.74, 6) is -0.505. The van der Waals surface area contributed by atoms with E-state index in [0.29, 0.717) is 21.3 Å². The Hall–Kier alpha value is -2.24. The van der Waals surface area contributed by atoms with Gasteiger partial charge in [-0.3, -0.25) is 9.59 Å². The molecule has 1 saturated carbocycles. The minimum absolute atomic E-state index is 0.242. The summed E-state index contributed by atoms with van der Waals surface area (Å²) in [7, 11) is 1.96. The molecule has 4 nitrogen and oxygen atoms in total. The lowest BCUT2D eigenvalue weighted by Gasteiger charge is -2.33. The van der Waals surface area contributed by atoms with Gasteiger partial charge in [0.2, 0.25) is 0 Å². The number of carbonyl (C=O) groups is 2. The van der Waals surface area contributed by atoms with E-state index in [9.17, 15) is 9.59 Å². The maximum Gasteiger partial charge on any atom is 0.283 e. The summed E-state index contributed by atoms with van der Waals surface area (Å²) in [4.78, 5) is 31.7. The molecule has 0 N–H and O–H groups in total. The van der Waals surface area contributed by atoms with E-state index in [-0.39, 0.29) is 17.9 Å². The van der Waals surface area contributed by atoms with Gasteiger partial charge < -0.3 is 4.90 Å². The van der Waals surface area contributed by atoms with Gasteiger partial charge in [0, 0.05) is 23.0 Å². The Bertz CT molecular complexity index is 979. The van der Waals surface area contributed by atoms with Crippen LogP contribution in [-0.4, -0.2) is 29.8 Å². The van der Waals surface area contributed by atoms with Gasteiger partial charge in [-0.2, -0.15) is 0 Å². The van der Waals surface area contributed by atoms with Gasteiger partial charge >= 0.3 is 0 Å². The molecule has 0 atom stereocenters. The molecule has 2 aromatic carbocycles. The minimum Gasteiger partial charge on any atom is -0.366 e. The zero-order valence-electron chi connectivity index (χ0n) is 17.2. The first-order chi connectivity index (χ1) is 14.5. The SMILES string of the molecule is Cc1ccc(N2C(=O)C(Sc3ccc(Cl)cc3)=C(N(C)C3CCCCC3)C2=O)cc1. The number of hydrogen-bond acceptors (Lipinski definition) is 4. The van der Waals surface area contributed by atoms with E-state index in [1.165, 1.54) is 23.1 Å². The molecule has 1 fully saturated rings. The average molecular weight is 441 g/mol. The van der Waals surface area contributed by atoms with Crippen LogP contribution in [0.1, 0.15) is 37.7 Å². The second kappa shape index (κ2) is 8.86. The first-order valence-electron chi connectivity index (χ1n) is 10.3. The molecule has 0 radical (unpaired) electrons. The van der Waals surface area contributed by atoms with Crippen LogP contribution in [-0.2, 0) is 9.59 Å². The van der Waals surface area contributed by atoms with Gasteiger partial charge in [0.15, 0.2) is 0 Å². The Morgan fingerprint density at radius 3 is 2.20 bits per heavy atom. The lowest BCUT2D eigenvalue weighted by atomic mass is 9.94. The van der Waals surface area contributed by atoms with Crippen LogP contribution in [0.25, 0.3) is 0 Å². The summed E-state index contributed by atoms with van der Waals surface area (Å²) in [6.45, 7) is 1.99. The molecule has 0 bridgehead atoms. The smallest absolute Gasteiger partial charge is 0.283 e. The monoisotopic (exact) mass is 440 g/mol. The van der Waals surface area contributed by atoms with Crippen molar-refractivity contribution in [3.8, 4) is 0 Å². The van der Waals surface area contributed by atoms with Gasteiger partial charge in [0.25, 0.3) is 11.8 Å². The molecule has 2 aliphatic rings. The van der Waals surface area contributed by atoms with E-state index in [2.05, 4.69) is 0 Å². The van der Waals surface area contributed by atoms with Crippen molar-refractivity contribution in [1.82, 2.24) is 4.90 Å². The number of thioether (sulfide) groups is 1. The molecule has 4 rings (SSSR count). The summed E-state index contributed by atoms with van der Waals surface area (Å²) in [6.07, 6.45) is 5.64. The molecule has 0 spiro atoms. The molecule has 1 aliphatic carbocycles. The second-order valence-corrected chi connectivity index (χ2v) is 9.44. The van der Waals surface area contributed by atoms with Gasteiger partial charge in [-0.05, 0) is 56.2 Å². The fourth-order valence-corrected chi connectivity index (χ4v) is 5.24. The lowest BCUT2D eigenvalue weighted by molar-refractivity contribution is -0.121. The number of rotatable bonds is 5. The van der Waals surface area contributed by atoms with E-state index in [1.807, 2.05) is 55.3 Å². The van der Waals surface area contributed by atoms with E-state index in [1.54, 1.807) is 12.1 Å². The number of anilines is 1. The van der Waals surface area contributed by atoms with Crippen LogP contribution in [0.15, 0.2) is 64.0 Å². The van der Waals surface area contributed by atoms with E-state index < -0.39 is 0 Å². The Labute approximate surface area is 186 Å².